The molecule has 0 saturated carbocycles. The van der Waals surface area contributed by atoms with E-state index < -0.39 is 10.0 Å². The van der Waals surface area contributed by atoms with Crippen LogP contribution in [0.4, 0.5) is 5.82 Å². The van der Waals surface area contributed by atoms with E-state index in [4.69, 9.17) is 5.14 Å². The number of nitrogens with two attached hydrogens (primary N) is 1. The fourth-order valence-electron chi connectivity index (χ4n) is 2.30. The van der Waals surface area contributed by atoms with Gasteiger partial charge in [-0.15, -0.1) is 5.10 Å². The van der Waals surface area contributed by atoms with Crippen molar-refractivity contribution in [1.29, 1.82) is 0 Å². The average molecular weight is 347 g/mol. The third-order valence-corrected chi connectivity index (χ3v) is 4.49. The van der Waals surface area contributed by atoms with Crippen molar-refractivity contribution < 1.29 is 8.42 Å². The summed E-state index contributed by atoms with van der Waals surface area (Å²) >= 11 is 0. The fraction of sp³-hybridized carbons (Fsp3) is 0.286. The summed E-state index contributed by atoms with van der Waals surface area (Å²) in [6, 6.07) is 6.48. The number of hydrogen-bond acceptors (Lipinski definition) is 7. The fourth-order valence-corrected chi connectivity index (χ4v) is 2.82. The lowest BCUT2D eigenvalue weighted by Crippen LogP contribution is -2.12. The molecule has 0 bridgehead atoms. The standard InChI is InChI=1S/C14H17N7O2S/c1-2-21-14-12(19-20-21)13(17-9-18-14)16-8-7-10-3-5-11(6-4-10)24(15,22)23/h3-6,9H,2,7-8H2,1H3,(H2,15,22,23)(H,16,17,18). The SMILES string of the molecule is CCn1nnc2c(NCCc3ccc(S(N)(=O)=O)cc3)ncnc21. The summed E-state index contributed by atoms with van der Waals surface area (Å²) in [5.41, 5.74) is 2.30. The van der Waals surface area contributed by atoms with Crippen LogP contribution in [-0.4, -0.2) is 39.9 Å². The molecular formula is C14H17N7O2S. The number of primary sulfonamides is 1. The van der Waals surface area contributed by atoms with Crippen molar-refractivity contribution in [2.24, 2.45) is 5.14 Å². The lowest BCUT2D eigenvalue weighted by Gasteiger charge is -2.06. The maximum atomic E-state index is 11.2. The summed E-state index contributed by atoms with van der Waals surface area (Å²) in [5, 5.41) is 16.4. The van der Waals surface area contributed by atoms with Crippen LogP contribution in [0.15, 0.2) is 35.5 Å². The van der Waals surface area contributed by atoms with Crippen LogP contribution in [0.2, 0.25) is 0 Å². The van der Waals surface area contributed by atoms with Gasteiger partial charge in [0, 0.05) is 13.1 Å². The molecule has 3 N–H and O–H groups in total. The van der Waals surface area contributed by atoms with Crippen molar-refractivity contribution in [3.8, 4) is 0 Å². The van der Waals surface area contributed by atoms with Crippen LogP contribution in [0, 0.1) is 0 Å². The Morgan fingerprint density at radius 3 is 2.62 bits per heavy atom. The van der Waals surface area contributed by atoms with Gasteiger partial charge < -0.3 is 5.32 Å². The van der Waals surface area contributed by atoms with Crippen LogP contribution in [0.1, 0.15) is 12.5 Å². The van der Waals surface area contributed by atoms with E-state index >= 15 is 0 Å². The molecule has 0 atom stereocenters. The van der Waals surface area contributed by atoms with Crippen molar-refractivity contribution in [2.75, 3.05) is 11.9 Å². The second-order valence-corrected chi connectivity index (χ2v) is 6.73. The Morgan fingerprint density at radius 2 is 1.96 bits per heavy atom. The number of nitrogens with zero attached hydrogens (tertiary/aromatic N) is 5. The Bertz CT molecular complexity index is 951. The lowest BCUT2D eigenvalue weighted by atomic mass is 10.1. The Labute approximate surface area is 139 Å². The van der Waals surface area contributed by atoms with Gasteiger partial charge in [-0.25, -0.2) is 28.2 Å². The molecule has 0 radical (unpaired) electrons. The number of nitrogens with one attached hydrogen (secondary N) is 1. The molecule has 0 aliphatic carbocycles. The molecule has 9 nitrogen and oxygen atoms in total. The number of fused-ring (bicyclic) bond motifs is 1. The molecule has 1 aromatic carbocycles. The summed E-state index contributed by atoms with van der Waals surface area (Å²) in [6.07, 6.45) is 2.17. The van der Waals surface area contributed by atoms with E-state index in [9.17, 15) is 8.42 Å². The van der Waals surface area contributed by atoms with Gasteiger partial charge in [-0.05, 0) is 31.0 Å². The monoisotopic (exact) mass is 347 g/mol. The van der Waals surface area contributed by atoms with Gasteiger partial charge in [0.05, 0.1) is 4.90 Å². The normalized spacial score (nSPS) is 11.8. The van der Waals surface area contributed by atoms with E-state index in [1.54, 1.807) is 16.8 Å². The first-order valence-electron chi connectivity index (χ1n) is 7.39. The number of hydrogen-bond donors (Lipinski definition) is 2. The predicted octanol–water partition coefficient (Wildman–Crippen LogP) is 0.543. The molecule has 2 heterocycles. The van der Waals surface area contributed by atoms with Crippen LogP contribution in [-0.2, 0) is 23.0 Å². The highest BCUT2D eigenvalue weighted by atomic mass is 32.2. The first kappa shape index (κ1) is 16.3. The highest BCUT2D eigenvalue weighted by Crippen LogP contribution is 2.16. The van der Waals surface area contributed by atoms with E-state index in [2.05, 4.69) is 25.6 Å². The molecule has 0 spiro atoms. The van der Waals surface area contributed by atoms with Gasteiger partial charge in [-0.3, -0.25) is 0 Å². The number of rotatable bonds is 6. The number of aromatic nitrogens is 5. The third-order valence-electron chi connectivity index (χ3n) is 3.56. The summed E-state index contributed by atoms with van der Waals surface area (Å²) in [7, 11) is -3.66. The third kappa shape index (κ3) is 3.34. The summed E-state index contributed by atoms with van der Waals surface area (Å²) in [6.45, 7) is 3.26. The Balaban J connectivity index is 1.68. The predicted molar refractivity (Wildman–Crippen MR) is 88.8 cm³/mol. The molecule has 3 rings (SSSR count). The summed E-state index contributed by atoms with van der Waals surface area (Å²) < 4.78 is 24.2. The zero-order valence-corrected chi connectivity index (χ0v) is 13.9. The molecule has 0 aliphatic rings. The van der Waals surface area contributed by atoms with Crippen molar-refractivity contribution in [2.45, 2.75) is 24.8 Å². The number of anilines is 1. The molecular weight excluding hydrogens is 330 g/mol. The molecule has 0 saturated heterocycles. The highest BCUT2D eigenvalue weighted by Gasteiger charge is 2.10. The molecule has 24 heavy (non-hydrogen) atoms. The zero-order valence-electron chi connectivity index (χ0n) is 13.0. The van der Waals surface area contributed by atoms with Gasteiger partial charge in [0.25, 0.3) is 0 Å². The van der Waals surface area contributed by atoms with Gasteiger partial charge in [-0.1, -0.05) is 17.3 Å². The summed E-state index contributed by atoms with van der Waals surface area (Å²) in [4.78, 5) is 8.49. The van der Waals surface area contributed by atoms with Crippen LogP contribution in [0.3, 0.4) is 0 Å². The van der Waals surface area contributed by atoms with Gasteiger partial charge in [0.2, 0.25) is 10.0 Å². The molecule has 0 amide bonds. The average Bonchev–Trinajstić information content (AvgIpc) is 2.98. The van der Waals surface area contributed by atoms with Gasteiger partial charge >= 0.3 is 0 Å². The second-order valence-electron chi connectivity index (χ2n) is 5.17. The largest absolute Gasteiger partial charge is 0.368 e. The van der Waals surface area contributed by atoms with E-state index in [1.165, 1.54) is 18.5 Å². The Hall–Kier alpha value is -2.59. The van der Waals surface area contributed by atoms with Crippen molar-refractivity contribution >= 4 is 27.0 Å². The highest BCUT2D eigenvalue weighted by molar-refractivity contribution is 7.89. The Kier molecular flexibility index (Phi) is 4.40. The van der Waals surface area contributed by atoms with Crippen LogP contribution >= 0.6 is 0 Å². The maximum Gasteiger partial charge on any atom is 0.238 e. The zero-order chi connectivity index (χ0) is 17.2. The lowest BCUT2D eigenvalue weighted by molar-refractivity contribution is 0.598. The van der Waals surface area contributed by atoms with Gasteiger partial charge in [0.15, 0.2) is 17.0 Å². The van der Waals surface area contributed by atoms with E-state index in [0.29, 0.717) is 36.5 Å². The smallest absolute Gasteiger partial charge is 0.238 e. The minimum atomic E-state index is -3.66. The van der Waals surface area contributed by atoms with Crippen molar-refractivity contribution in [3.05, 3.63) is 36.2 Å². The number of benzene rings is 1. The second kappa shape index (κ2) is 6.49. The summed E-state index contributed by atoms with van der Waals surface area (Å²) in [5.74, 6) is 0.626. The molecule has 0 unspecified atom stereocenters. The number of sulfonamides is 1. The van der Waals surface area contributed by atoms with E-state index in [0.717, 1.165) is 5.56 Å². The molecule has 10 heteroatoms. The minimum Gasteiger partial charge on any atom is -0.368 e. The van der Waals surface area contributed by atoms with Crippen LogP contribution in [0.25, 0.3) is 11.2 Å². The topological polar surface area (TPSA) is 129 Å². The van der Waals surface area contributed by atoms with Crippen molar-refractivity contribution in [1.82, 2.24) is 25.0 Å². The van der Waals surface area contributed by atoms with Crippen LogP contribution < -0.4 is 10.5 Å². The van der Waals surface area contributed by atoms with E-state index in [1.807, 2.05) is 6.92 Å². The molecule has 0 aliphatic heterocycles. The van der Waals surface area contributed by atoms with Gasteiger partial charge in [0.1, 0.15) is 6.33 Å². The molecule has 126 valence electrons. The first-order valence-corrected chi connectivity index (χ1v) is 8.93. The Morgan fingerprint density at radius 1 is 1.21 bits per heavy atom. The van der Waals surface area contributed by atoms with Crippen LogP contribution in [0.5, 0.6) is 0 Å². The molecule has 3 aromatic rings. The maximum absolute atomic E-state index is 11.2. The van der Waals surface area contributed by atoms with Gasteiger partial charge in [-0.2, -0.15) is 0 Å². The quantitative estimate of drug-likeness (QED) is 0.666. The molecule has 2 aromatic heterocycles. The molecule has 0 fully saturated rings. The van der Waals surface area contributed by atoms with Crippen molar-refractivity contribution in [3.63, 3.8) is 0 Å². The number of aryl methyl sites for hydroxylation is 1. The van der Waals surface area contributed by atoms with E-state index in [-0.39, 0.29) is 4.90 Å². The first-order chi connectivity index (χ1) is 11.5. The minimum absolute atomic E-state index is 0.105.